The van der Waals surface area contributed by atoms with Gasteiger partial charge in [-0.3, -0.25) is 0 Å². The first kappa shape index (κ1) is 14.6. The summed E-state index contributed by atoms with van der Waals surface area (Å²) in [5.74, 6) is 0. The zero-order valence-corrected chi connectivity index (χ0v) is 14.9. The molecule has 1 saturated heterocycles. The summed E-state index contributed by atoms with van der Waals surface area (Å²) >= 11 is 0. The lowest BCUT2D eigenvalue weighted by atomic mass is 10.2. The summed E-state index contributed by atoms with van der Waals surface area (Å²) in [5.41, 5.74) is 0. The Bertz CT molecular complexity index is 244. The van der Waals surface area contributed by atoms with E-state index in [4.69, 9.17) is 4.43 Å². The molecule has 2 atom stereocenters. The van der Waals surface area contributed by atoms with Gasteiger partial charge in [0.15, 0.2) is 7.83 Å². The van der Waals surface area contributed by atoms with Crippen LogP contribution in [0.2, 0.25) is 45.3 Å². The molecule has 0 aromatic heterocycles. The zero-order valence-electron chi connectivity index (χ0n) is 11.9. The lowest BCUT2D eigenvalue weighted by molar-refractivity contribution is 0.0404. The van der Waals surface area contributed by atoms with E-state index in [1.165, 1.54) is 0 Å². The summed E-state index contributed by atoms with van der Waals surface area (Å²) < 4.78 is 6.36. The normalized spacial score (nSPS) is 33.4. The van der Waals surface area contributed by atoms with E-state index in [1.54, 1.807) is 0 Å². The third-order valence-electron chi connectivity index (χ3n) is 5.20. The van der Waals surface area contributed by atoms with Crippen molar-refractivity contribution >= 4 is 22.5 Å². The maximum absolute atomic E-state index is 10.1. The van der Waals surface area contributed by atoms with Crippen LogP contribution < -0.4 is 0 Å². The number of hydrogen-bond acceptors (Lipinski definition) is 2. The van der Waals surface area contributed by atoms with Crippen LogP contribution in [0.4, 0.5) is 0 Å². The Hall–Kier alpha value is 0.571. The van der Waals surface area contributed by atoms with Gasteiger partial charge in [-0.1, -0.05) is 33.1 Å². The molecule has 0 spiro atoms. The highest BCUT2D eigenvalue weighted by molar-refractivity contribution is 7.67. The van der Waals surface area contributed by atoms with Crippen molar-refractivity contribution in [2.24, 2.45) is 0 Å². The third-order valence-corrected chi connectivity index (χ3v) is 45.6. The molecular weight excluding hydrogens is 248 g/mol. The maximum atomic E-state index is 10.1. The van der Waals surface area contributed by atoms with Gasteiger partial charge in [0.1, 0.15) is 0 Å². The Labute approximate surface area is 103 Å². The monoisotopic (exact) mass is 276 g/mol. The summed E-state index contributed by atoms with van der Waals surface area (Å²) in [6.07, 6.45) is 0.708. The fraction of sp³-hybridized carbons (Fsp3) is 1.00. The topological polar surface area (TPSA) is 29.5 Å². The van der Waals surface area contributed by atoms with Crippen molar-refractivity contribution in [2.75, 3.05) is 0 Å². The third kappa shape index (κ3) is 2.25. The Morgan fingerprint density at radius 1 is 1.19 bits per heavy atom. The SMILES string of the molecule is CCC(O)C1C[Si](C)(C)[Si](C)(C)[Si](C)(C)O1. The molecule has 0 aliphatic carbocycles. The van der Waals surface area contributed by atoms with Gasteiger partial charge in [0.05, 0.1) is 19.3 Å². The van der Waals surface area contributed by atoms with Crippen molar-refractivity contribution in [1.82, 2.24) is 0 Å². The van der Waals surface area contributed by atoms with Gasteiger partial charge in [0.2, 0.25) is 0 Å². The molecule has 0 aromatic carbocycles. The number of hydrogen-bond donors (Lipinski definition) is 1. The number of aliphatic hydroxyl groups excluding tert-OH is 1. The molecule has 1 aliphatic rings. The molecule has 2 nitrogen and oxygen atoms in total. The molecule has 1 rings (SSSR count). The quantitative estimate of drug-likeness (QED) is 0.786. The van der Waals surface area contributed by atoms with E-state index in [0.717, 1.165) is 12.5 Å². The predicted octanol–water partition coefficient (Wildman–Crippen LogP) is 2.93. The molecule has 0 radical (unpaired) electrons. The number of rotatable bonds is 2. The maximum Gasteiger partial charge on any atom is 0.171 e. The lowest BCUT2D eigenvalue weighted by Gasteiger charge is -2.55. The molecule has 0 bridgehead atoms. The molecule has 0 amide bonds. The van der Waals surface area contributed by atoms with Gasteiger partial charge in [-0.25, -0.2) is 0 Å². The molecule has 2 unspecified atom stereocenters. The molecule has 5 heteroatoms. The highest BCUT2D eigenvalue weighted by Gasteiger charge is 2.59. The lowest BCUT2D eigenvalue weighted by Crippen LogP contribution is -2.76. The van der Waals surface area contributed by atoms with E-state index >= 15 is 0 Å². The first-order chi connectivity index (χ1) is 7.05. The minimum Gasteiger partial charge on any atom is -0.415 e. The van der Waals surface area contributed by atoms with Crippen LogP contribution in [-0.2, 0) is 4.43 Å². The zero-order chi connectivity index (χ0) is 12.8. The predicted molar refractivity (Wildman–Crippen MR) is 78.4 cm³/mol. The summed E-state index contributed by atoms with van der Waals surface area (Å²) in [5, 5.41) is 10.1. The van der Waals surface area contributed by atoms with Crippen LogP contribution in [0.1, 0.15) is 13.3 Å². The standard InChI is InChI=1S/C11H28O2Si3/c1-8-10(12)11-9-14(2,3)16(6,7)15(4,5)13-11/h10-12H,8-9H2,1-7H3. The molecule has 1 fully saturated rings. The number of aliphatic hydroxyl groups is 1. The highest BCUT2D eigenvalue weighted by atomic mass is 29.6. The van der Waals surface area contributed by atoms with Crippen molar-refractivity contribution in [1.29, 1.82) is 0 Å². The molecule has 16 heavy (non-hydrogen) atoms. The van der Waals surface area contributed by atoms with E-state index < -0.39 is 22.5 Å². The van der Waals surface area contributed by atoms with Gasteiger partial charge in [-0.15, -0.1) is 0 Å². The Morgan fingerprint density at radius 2 is 1.69 bits per heavy atom. The van der Waals surface area contributed by atoms with Crippen molar-refractivity contribution in [3.63, 3.8) is 0 Å². The van der Waals surface area contributed by atoms with E-state index in [9.17, 15) is 5.11 Å². The average Bonchev–Trinajstić information content (AvgIpc) is 2.12. The average molecular weight is 277 g/mol. The smallest absolute Gasteiger partial charge is 0.171 e. The fourth-order valence-electron chi connectivity index (χ4n) is 2.62. The van der Waals surface area contributed by atoms with Gasteiger partial charge in [-0.2, -0.15) is 0 Å². The Morgan fingerprint density at radius 3 is 2.06 bits per heavy atom. The van der Waals surface area contributed by atoms with E-state index in [2.05, 4.69) is 39.3 Å². The second-order valence-corrected chi connectivity index (χ2v) is 34.2. The van der Waals surface area contributed by atoms with E-state index in [1.807, 2.05) is 6.92 Å². The van der Waals surface area contributed by atoms with Crippen LogP contribution >= 0.6 is 0 Å². The van der Waals surface area contributed by atoms with Crippen molar-refractivity contribution < 1.29 is 9.53 Å². The fourth-order valence-corrected chi connectivity index (χ4v) is 32.1. The van der Waals surface area contributed by atoms with Gasteiger partial charge >= 0.3 is 0 Å². The van der Waals surface area contributed by atoms with Crippen LogP contribution in [0.15, 0.2) is 0 Å². The second kappa shape index (κ2) is 4.35. The molecule has 96 valence electrons. The highest BCUT2D eigenvalue weighted by Crippen LogP contribution is 2.40. The Kier molecular flexibility index (Phi) is 3.98. The largest absolute Gasteiger partial charge is 0.415 e. The van der Waals surface area contributed by atoms with Gasteiger partial charge in [0.25, 0.3) is 0 Å². The molecule has 1 N–H and O–H groups in total. The minimum atomic E-state index is -1.56. The summed E-state index contributed by atoms with van der Waals surface area (Å²) in [7, 11) is -3.94. The van der Waals surface area contributed by atoms with Crippen LogP contribution in [-0.4, -0.2) is 39.8 Å². The molecule has 0 aromatic rings. The van der Waals surface area contributed by atoms with Crippen LogP contribution in [0.3, 0.4) is 0 Å². The van der Waals surface area contributed by atoms with Gasteiger partial charge < -0.3 is 9.53 Å². The van der Waals surface area contributed by atoms with Gasteiger partial charge in [0, 0.05) is 7.59 Å². The van der Waals surface area contributed by atoms with Crippen LogP contribution in [0, 0.1) is 0 Å². The molecule has 1 aliphatic heterocycles. The summed E-state index contributed by atoms with van der Waals surface area (Å²) in [4.78, 5) is 0. The van der Waals surface area contributed by atoms with Crippen LogP contribution in [0.25, 0.3) is 0 Å². The van der Waals surface area contributed by atoms with E-state index in [0.29, 0.717) is 0 Å². The second-order valence-electron chi connectivity index (χ2n) is 6.86. The minimum absolute atomic E-state index is 0.133. The summed E-state index contributed by atoms with van der Waals surface area (Å²) in [6.45, 7) is 16.9. The summed E-state index contributed by atoms with van der Waals surface area (Å²) in [6, 6.07) is 1.16. The van der Waals surface area contributed by atoms with Crippen molar-refractivity contribution in [2.45, 2.75) is 70.9 Å². The molecule has 0 saturated carbocycles. The molecular formula is C11H28O2Si3. The van der Waals surface area contributed by atoms with Crippen molar-refractivity contribution in [3.8, 4) is 0 Å². The molecule has 1 heterocycles. The Balaban J connectivity index is 2.99. The van der Waals surface area contributed by atoms with Crippen molar-refractivity contribution in [3.05, 3.63) is 0 Å². The van der Waals surface area contributed by atoms with E-state index in [-0.39, 0.29) is 12.2 Å². The van der Waals surface area contributed by atoms with Crippen LogP contribution in [0.5, 0.6) is 0 Å². The first-order valence-electron chi connectivity index (χ1n) is 6.41. The van der Waals surface area contributed by atoms with Gasteiger partial charge in [-0.05, 0) is 25.6 Å². The first-order valence-corrected chi connectivity index (χ1v) is 17.5.